The second kappa shape index (κ2) is 8.64. The largest absolute Gasteiger partial charge is 0.484 e. The number of carbonyl (C=O) groups is 1. The van der Waals surface area contributed by atoms with Crippen molar-refractivity contribution in [2.45, 2.75) is 13.8 Å². The highest BCUT2D eigenvalue weighted by atomic mass is 35.5. The summed E-state index contributed by atoms with van der Waals surface area (Å²) in [4.78, 5) is 16.9. The van der Waals surface area contributed by atoms with Crippen LogP contribution in [0.5, 0.6) is 5.75 Å². The average Bonchev–Trinajstić information content (AvgIpc) is 3.14. The maximum absolute atomic E-state index is 12.3. The molecule has 4 rings (SSSR count). The van der Waals surface area contributed by atoms with Gasteiger partial charge in [-0.3, -0.25) is 4.79 Å². The maximum atomic E-state index is 12.3. The lowest BCUT2D eigenvalue weighted by Crippen LogP contribution is -2.20. The van der Waals surface area contributed by atoms with Gasteiger partial charge in [-0.25, -0.2) is 4.98 Å². The highest BCUT2D eigenvalue weighted by Gasteiger charge is 2.12. The van der Waals surface area contributed by atoms with Gasteiger partial charge in [-0.15, -0.1) is 11.3 Å². The smallest absolute Gasteiger partial charge is 0.262 e. The quantitative estimate of drug-likeness (QED) is 0.355. The van der Waals surface area contributed by atoms with Gasteiger partial charge in [0.05, 0.1) is 15.2 Å². The van der Waals surface area contributed by atoms with E-state index < -0.39 is 0 Å². The summed E-state index contributed by atoms with van der Waals surface area (Å²) in [7, 11) is 0. The number of anilines is 1. The van der Waals surface area contributed by atoms with Crippen molar-refractivity contribution in [3.63, 3.8) is 0 Å². The number of amides is 1. The summed E-state index contributed by atoms with van der Waals surface area (Å²) in [6.07, 6.45) is 0. The van der Waals surface area contributed by atoms with Gasteiger partial charge in [0.2, 0.25) is 0 Å². The number of rotatable bonds is 5. The molecule has 1 aromatic heterocycles. The molecule has 0 radical (unpaired) electrons. The van der Waals surface area contributed by atoms with Crippen molar-refractivity contribution in [1.82, 2.24) is 4.98 Å². The van der Waals surface area contributed by atoms with Gasteiger partial charge in [0.15, 0.2) is 6.61 Å². The lowest BCUT2D eigenvalue weighted by atomic mass is 10.1. The number of carbonyl (C=O) groups excluding carboxylic acids is 1. The SMILES string of the molecule is Cc1cc(OCC(=O)Nc2ccc(-c3nc4ccccc4s3)c(Cl)c2)cc(C)c1Cl. The predicted octanol–water partition coefficient (Wildman–Crippen LogP) is 6.90. The molecule has 1 amide bonds. The van der Waals surface area contributed by atoms with E-state index in [2.05, 4.69) is 10.3 Å². The summed E-state index contributed by atoms with van der Waals surface area (Å²) in [5, 5.41) is 4.88. The third kappa shape index (κ3) is 4.43. The molecule has 0 fully saturated rings. The average molecular weight is 457 g/mol. The molecule has 30 heavy (non-hydrogen) atoms. The Kier molecular flexibility index (Phi) is 5.95. The number of aromatic nitrogens is 1. The highest BCUT2D eigenvalue weighted by Crippen LogP contribution is 2.35. The van der Waals surface area contributed by atoms with Gasteiger partial charge in [-0.1, -0.05) is 35.3 Å². The summed E-state index contributed by atoms with van der Waals surface area (Å²) >= 11 is 14.2. The number of thiazole rings is 1. The third-order valence-electron chi connectivity index (χ3n) is 4.56. The van der Waals surface area contributed by atoms with Crippen molar-refractivity contribution < 1.29 is 9.53 Å². The zero-order chi connectivity index (χ0) is 21.3. The van der Waals surface area contributed by atoms with Crippen LogP contribution in [0.2, 0.25) is 10.0 Å². The topological polar surface area (TPSA) is 51.2 Å². The second-order valence-electron chi connectivity index (χ2n) is 6.89. The van der Waals surface area contributed by atoms with E-state index in [1.807, 2.05) is 62.4 Å². The van der Waals surface area contributed by atoms with Gasteiger partial charge in [-0.2, -0.15) is 0 Å². The van der Waals surface area contributed by atoms with E-state index in [1.54, 1.807) is 17.4 Å². The van der Waals surface area contributed by atoms with E-state index in [0.29, 0.717) is 21.5 Å². The maximum Gasteiger partial charge on any atom is 0.262 e. The Balaban J connectivity index is 1.43. The van der Waals surface area contributed by atoms with Gasteiger partial charge in [0.25, 0.3) is 5.91 Å². The number of nitrogens with one attached hydrogen (secondary N) is 1. The summed E-state index contributed by atoms with van der Waals surface area (Å²) < 4.78 is 6.70. The zero-order valence-corrected chi connectivity index (χ0v) is 18.7. The molecule has 1 N–H and O–H groups in total. The Bertz CT molecular complexity index is 1200. The van der Waals surface area contributed by atoms with E-state index in [-0.39, 0.29) is 12.5 Å². The van der Waals surface area contributed by atoms with Crippen molar-refractivity contribution in [2.75, 3.05) is 11.9 Å². The predicted molar refractivity (Wildman–Crippen MR) is 125 cm³/mol. The van der Waals surface area contributed by atoms with Crippen LogP contribution in [0.15, 0.2) is 54.6 Å². The highest BCUT2D eigenvalue weighted by molar-refractivity contribution is 7.21. The molecule has 0 unspecified atom stereocenters. The lowest BCUT2D eigenvalue weighted by molar-refractivity contribution is -0.118. The molecule has 0 atom stereocenters. The van der Waals surface area contributed by atoms with Gasteiger partial charge in [-0.05, 0) is 67.4 Å². The number of halogens is 2. The molecular formula is C23H18Cl2N2O2S. The van der Waals surface area contributed by atoms with Gasteiger partial charge in [0.1, 0.15) is 10.8 Å². The summed E-state index contributed by atoms with van der Waals surface area (Å²) in [6, 6.07) is 17.0. The molecule has 4 nitrogen and oxygen atoms in total. The van der Waals surface area contributed by atoms with Gasteiger partial charge in [0, 0.05) is 16.3 Å². The minimum atomic E-state index is -0.274. The number of hydrogen-bond donors (Lipinski definition) is 1. The Labute approximate surface area is 188 Å². The second-order valence-corrected chi connectivity index (χ2v) is 8.71. The van der Waals surface area contributed by atoms with E-state index in [0.717, 1.165) is 31.9 Å². The number of ether oxygens (including phenoxy) is 1. The number of aryl methyl sites for hydroxylation is 2. The molecule has 0 spiro atoms. The molecule has 0 aliphatic heterocycles. The summed E-state index contributed by atoms with van der Waals surface area (Å²) in [5.74, 6) is 0.331. The minimum absolute atomic E-state index is 0.113. The molecular weight excluding hydrogens is 439 g/mol. The molecule has 7 heteroatoms. The van der Waals surface area contributed by atoms with E-state index in [9.17, 15) is 4.79 Å². The van der Waals surface area contributed by atoms with Crippen LogP contribution in [-0.4, -0.2) is 17.5 Å². The lowest BCUT2D eigenvalue weighted by Gasteiger charge is -2.11. The first-order chi connectivity index (χ1) is 14.4. The first-order valence-electron chi connectivity index (χ1n) is 9.25. The zero-order valence-electron chi connectivity index (χ0n) is 16.3. The van der Waals surface area contributed by atoms with Crippen LogP contribution in [0.25, 0.3) is 20.8 Å². The molecule has 4 aromatic rings. The monoisotopic (exact) mass is 456 g/mol. The Hall–Kier alpha value is -2.60. The fourth-order valence-electron chi connectivity index (χ4n) is 3.09. The van der Waals surface area contributed by atoms with Gasteiger partial charge >= 0.3 is 0 Å². The fourth-order valence-corrected chi connectivity index (χ4v) is 4.53. The van der Waals surface area contributed by atoms with Crippen LogP contribution in [0.3, 0.4) is 0 Å². The number of nitrogens with zero attached hydrogens (tertiary/aromatic N) is 1. The van der Waals surface area contributed by atoms with Crippen molar-refractivity contribution in [1.29, 1.82) is 0 Å². The van der Waals surface area contributed by atoms with Crippen LogP contribution in [-0.2, 0) is 4.79 Å². The number of hydrogen-bond acceptors (Lipinski definition) is 4. The molecule has 0 saturated heterocycles. The Morgan fingerprint density at radius 3 is 2.50 bits per heavy atom. The summed E-state index contributed by atoms with van der Waals surface area (Å²) in [6.45, 7) is 3.69. The fraction of sp³-hybridized carbons (Fsp3) is 0.130. The molecule has 0 bridgehead atoms. The van der Waals surface area contributed by atoms with Crippen molar-refractivity contribution in [3.05, 3.63) is 75.8 Å². The number of fused-ring (bicyclic) bond motifs is 1. The van der Waals surface area contributed by atoms with Crippen LogP contribution >= 0.6 is 34.5 Å². The van der Waals surface area contributed by atoms with Crippen molar-refractivity contribution in [2.24, 2.45) is 0 Å². The van der Waals surface area contributed by atoms with Crippen molar-refractivity contribution in [3.8, 4) is 16.3 Å². The summed E-state index contributed by atoms with van der Waals surface area (Å²) in [5.41, 5.74) is 4.19. The first kappa shape index (κ1) is 20.7. The molecule has 152 valence electrons. The molecule has 0 aliphatic carbocycles. The van der Waals surface area contributed by atoms with Crippen LogP contribution in [0.4, 0.5) is 5.69 Å². The van der Waals surface area contributed by atoms with Crippen LogP contribution < -0.4 is 10.1 Å². The minimum Gasteiger partial charge on any atom is -0.484 e. The standard InChI is InChI=1S/C23H18Cl2N2O2S/c1-13-9-16(10-14(2)22(13)25)29-12-21(28)26-15-7-8-17(18(24)11-15)23-27-19-5-3-4-6-20(19)30-23/h3-11H,12H2,1-2H3,(H,26,28). The Morgan fingerprint density at radius 1 is 1.07 bits per heavy atom. The van der Waals surface area contributed by atoms with Gasteiger partial charge < -0.3 is 10.1 Å². The Morgan fingerprint density at radius 2 is 1.80 bits per heavy atom. The third-order valence-corrected chi connectivity index (χ3v) is 6.54. The molecule has 3 aromatic carbocycles. The normalized spacial score (nSPS) is 10.9. The number of para-hydroxylation sites is 1. The first-order valence-corrected chi connectivity index (χ1v) is 10.8. The van der Waals surface area contributed by atoms with Crippen LogP contribution in [0, 0.1) is 13.8 Å². The molecule has 1 heterocycles. The van der Waals surface area contributed by atoms with E-state index >= 15 is 0 Å². The van der Waals surface area contributed by atoms with E-state index in [4.69, 9.17) is 27.9 Å². The van der Waals surface area contributed by atoms with Crippen molar-refractivity contribution >= 4 is 56.3 Å². The van der Waals surface area contributed by atoms with Crippen LogP contribution in [0.1, 0.15) is 11.1 Å². The van der Waals surface area contributed by atoms with E-state index in [1.165, 1.54) is 0 Å². The molecule has 0 aliphatic rings. The molecule has 0 saturated carbocycles. The number of benzene rings is 3.